The van der Waals surface area contributed by atoms with Crippen LogP contribution in [0.3, 0.4) is 0 Å². The number of hydrogen-bond donors (Lipinski definition) is 0. The monoisotopic (exact) mass is 432 g/mol. The molecule has 0 saturated carbocycles. The maximum atomic E-state index is 12.3. The molecule has 0 atom stereocenters. The minimum absolute atomic E-state index is 0.204. The average molecular weight is 433 g/mol. The van der Waals surface area contributed by atoms with Crippen molar-refractivity contribution in [1.82, 2.24) is 14.8 Å². The molecule has 0 radical (unpaired) electrons. The van der Waals surface area contributed by atoms with Gasteiger partial charge in [0.15, 0.2) is 4.67 Å². The minimum Gasteiger partial charge on any atom is -0.429 e. The molecule has 0 spiro atoms. The van der Waals surface area contributed by atoms with Gasteiger partial charge in [-0.1, -0.05) is 24.3 Å². The lowest BCUT2D eigenvalue weighted by atomic mass is 10.1. The quantitative estimate of drug-likeness (QED) is 0.481. The van der Waals surface area contributed by atoms with Crippen LogP contribution in [0, 0.1) is 11.3 Å². The van der Waals surface area contributed by atoms with E-state index >= 15 is 0 Å². The van der Waals surface area contributed by atoms with Gasteiger partial charge in [0, 0.05) is 17.2 Å². The van der Waals surface area contributed by atoms with Gasteiger partial charge in [-0.3, -0.25) is 4.79 Å². The molecule has 0 aliphatic carbocycles. The van der Waals surface area contributed by atoms with E-state index in [9.17, 15) is 4.79 Å². The highest BCUT2D eigenvalue weighted by atomic mass is 79.9. The number of hydrogen-bond acceptors (Lipinski definition) is 5. The lowest BCUT2D eigenvalue weighted by Gasteiger charge is -2.08. The molecular formula is C21H13BrN4O2. The van der Waals surface area contributed by atoms with Gasteiger partial charge >= 0.3 is 0 Å². The van der Waals surface area contributed by atoms with Crippen LogP contribution in [-0.2, 0) is 6.54 Å². The SMILES string of the molecule is N#Cc1cccc(-c2ccc(=O)n(Cc3cccc(-c4ncc(Br)o4)c3)n2)c1. The van der Waals surface area contributed by atoms with Crippen LogP contribution in [0.2, 0.25) is 0 Å². The van der Waals surface area contributed by atoms with Gasteiger partial charge in [0.05, 0.1) is 30.1 Å². The Labute approximate surface area is 168 Å². The molecule has 0 N–H and O–H groups in total. The second-order valence-corrected chi connectivity index (χ2v) is 6.86. The number of rotatable bonds is 4. The van der Waals surface area contributed by atoms with Crippen LogP contribution >= 0.6 is 15.9 Å². The molecule has 0 saturated heterocycles. The first-order valence-corrected chi connectivity index (χ1v) is 9.21. The van der Waals surface area contributed by atoms with E-state index in [4.69, 9.17) is 9.68 Å². The standard InChI is InChI=1S/C21H13BrN4O2/c22-19-12-24-21(28-19)17-6-2-4-15(10-17)13-26-20(27)8-7-18(25-26)16-5-1-3-14(9-16)11-23/h1-10,12H,13H2. The first-order chi connectivity index (χ1) is 13.6. The Bertz CT molecular complexity index is 1250. The van der Waals surface area contributed by atoms with Crippen LogP contribution in [-0.4, -0.2) is 14.8 Å². The normalized spacial score (nSPS) is 10.6. The van der Waals surface area contributed by atoms with E-state index in [-0.39, 0.29) is 5.56 Å². The Hall–Kier alpha value is -3.50. The fourth-order valence-electron chi connectivity index (χ4n) is 2.83. The Morgan fingerprint density at radius 2 is 1.89 bits per heavy atom. The zero-order chi connectivity index (χ0) is 19.5. The van der Waals surface area contributed by atoms with Crippen LogP contribution in [0.4, 0.5) is 0 Å². The average Bonchev–Trinajstić information content (AvgIpc) is 3.16. The number of aromatic nitrogens is 3. The van der Waals surface area contributed by atoms with Crippen molar-refractivity contribution >= 4 is 15.9 Å². The van der Waals surface area contributed by atoms with Crippen molar-refractivity contribution in [3.05, 3.63) is 93.0 Å². The van der Waals surface area contributed by atoms with Crippen molar-refractivity contribution in [3.8, 4) is 28.8 Å². The third kappa shape index (κ3) is 3.77. The molecule has 7 heteroatoms. The molecule has 0 aliphatic heterocycles. The van der Waals surface area contributed by atoms with Crippen LogP contribution in [0.15, 0.2) is 80.7 Å². The lowest BCUT2D eigenvalue weighted by molar-refractivity contribution is 0.549. The molecule has 2 aromatic heterocycles. The smallest absolute Gasteiger partial charge is 0.267 e. The van der Waals surface area contributed by atoms with Crippen molar-refractivity contribution in [2.75, 3.05) is 0 Å². The zero-order valence-corrected chi connectivity index (χ0v) is 16.1. The molecule has 2 heterocycles. The molecule has 0 bridgehead atoms. The summed E-state index contributed by atoms with van der Waals surface area (Å²) in [6.45, 7) is 0.306. The first kappa shape index (κ1) is 17.9. The van der Waals surface area contributed by atoms with Gasteiger partial charge in [-0.2, -0.15) is 10.4 Å². The van der Waals surface area contributed by atoms with E-state index in [0.29, 0.717) is 28.4 Å². The summed E-state index contributed by atoms with van der Waals surface area (Å²) in [5.41, 5.74) is 3.46. The van der Waals surface area contributed by atoms with Crippen LogP contribution < -0.4 is 5.56 Å². The van der Waals surface area contributed by atoms with E-state index < -0.39 is 0 Å². The van der Waals surface area contributed by atoms with Gasteiger partial charge in [-0.25, -0.2) is 9.67 Å². The van der Waals surface area contributed by atoms with Crippen molar-refractivity contribution in [1.29, 1.82) is 5.26 Å². The molecule has 4 aromatic rings. The molecule has 136 valence electrons. The van der Waals surface area contributed by atoms with Crippen LogP contribution in [0.5, 0.6) is 0 Å². The second-order valence-electron chi connectivity index (χ2n) is 6.08. The van der Waals surface area contributed by atoms with E-state index in [2.05, 4.69) is 32.1 Å². The summed E-state index contributed by atoms with van der Waals surface area (Å²) < 4.78 is 7.45. The Morgan fingerprint density at radius 3 is 2.68 bits per heavy atom. The summed E-state index contributed by atoms with van der Waals surface area (Å²) in [6.07, 6.45) is 1.59. The number of halogens is 1. The molecule has 6 nitrogen and oxygen atoms in total. The number of benzene rings is 2. The maximum Gasteiger partial charge on any atom is 0.267 e. The highest BCUT2D eigenvalue weighted by Crippen LogP contribution is 2.23. The van der Waals surface area contributed by atoms with Gasteiger partial charge in [-0.15, -0.1) is 0 Å². The third-order valence-corrected chi connectivity index (χ3v) is 4.50. The molecule has 0 aliphatic rings. The Morgan fingerprint density at radius 1 is 1.07 bits per heavy atom. The van der Waals surface area contributed by atoms with Crippen molar-refractivity contribution < 1.29 is 4.42 Å². The molecule has 0 fully saturated rings. The van der Waals surface area contributed by atoms with Gasteiger partial charge in [0.25, 0.3) is 5.56 Å². The lowest BCUT2D eigenvalue weighted by Crippen LogP contribution is -2.22. The van der Waals surface area contributed by atoms with Crippen molar-refractivity contribution in [2.45, 2.75) is 6.54 Å². The number of nitriles is 1. The third-order valence-electron chi connectivity index (χ3n) is 4.14. The van der Waals surface area contributed by atoms with Gasteiger partial charge in [-0.05, 0) is 51.8 Å². The molecule has 0 unspecified atom stereocenters. The minimum atomic E-state index is -0.204. The Kier molecular flexibility index (Phi) is 4.87. The number of nitrogens with zero attached hydrogens (tertiary/aromatic N) is 4. The van der Waals surface area contributed by atoms with Gasteiger partial charge in [0.2, 0.25) is 5.89 Å². The predicted molar refractivity (Wildman–Crippen MR) is 107 cm³/mol. The molecule has 2 aromatic carbocycles. The summed E-state index contributed by atoms with van der Waals surface area (Å²) in [5.74, 6) is 0.496. The first-order valence-electron chi connectivity index (χ1n) is 8.42. The maximum absolute atomic E-state index is 12.3. The zero-order valence-electron chi connectivity index (χ0n) is 14.5. The molecule has 0 amide bonds. The predicted octanol–water partition coefficient (Wildman–Crippen LogP) is 4.25. The summed E-state index contributed by atoms with van der Waals surface area (Å²) in [5, 5.41) is 13.6. The highest BCUT2D eigenvalue weighted by Gasteiger charge is 2.08. The topological polar surface area (TPSA) is 84.7 Å². The Balaban J connectivity index is 1.67. The second kappa shape index (κ2) is 7.62. The van der Waals surface area contributed by atoms with Crippen molar-refractivity contribution in [2.24, 2.45) is 0 Å². The van der Waals surface area contributed by atoms with E-state index in [1.165, 1.54) is 10.7 Å². The number of oxazole rings is 1. The van der Waals surface area contributed by atoms with E-state index in [1.54, 1.807) is 30.5 Å². The summed E-state index contributed by atoms with van der Waals surface area (Å²) in [4.78, 5) is 16.5. The summed E-state index contributed by atoms with van der Waals surface area (Å²) in [7, 11) is 0. The largest absolute Gasteiger partial charge is 0.429 e. The van der Waals surface area contributed by atoms with Crippen molar-refractivity contribution in [3.63, 3.8) is 0 Å². The van der Waals surface area contributed by atoms with E-state index in [1.807, 2.05) is 30.3 Å². The van der Waals surface area contributed by atoms with E-state index in [0.717, 1.165) is 16.7 Å². The fraction of sp³-hybridized carbons (Fsp3) is 0.0476. The summed E-state index contributed by atoms with van der Waals surface area (Å²) >= 11 is 3.25. The van der Waals surface area contributed by atoms with Gasteiger partial charge in [0.1, 0.15) is 0 Å². The molecule has 4 rings (SSSR count). The molecule has 28 heavy (non-hydrogen) atoms. The highest BCUT2D eigenvalue weighted by molar-refractivity contribution is 9.10. The van der Waals surface area contributed by atoms with Crippen LogP contribution in [0.25, 0.3) is 22.7 Å². The molecular weight excluding hydrogens is 420 g/mol. The summed E-state index contributed by atoms with van der Waals surface area (Å²) in [6, 6.07) is 20.0. The van der Waals surface area contributed by atoms with Crippen LogP contribution in [0.1, 0.15) is 11.1 Å². The van der Waals surface area contributed by atoms with Gasteiger partial charge < -0.3 is 4.42 Å². The fourth-order valence-corrected chi connectivity index (χ4v) is 3.08.